The number of rotatable bonds is 1. The molecule has 5 nitrogen and oxygen atoms in total. The largest absolute Gasteiger partial charge is 0.456 e. The Hall–Kier alpha value is -6.66. The van der Waals surface area contributed by atoms with E-state index in [2.05, 4.69) is 165 Å². The van der Waals surface area contributed by atoms with Crippen LogP contribution in [0.2, 0.25) is 0 Å². The van der Waals surface area contributed by atoms with Gasteiger partial charge in [-0.3, -0.25) is 0 Å². The summed E-state index contributed by atoms with van der Waals surface area (Å²) >= 11 is 0. The number of para-hydroxylation sites is 4. The molecule has 59 heavy (non-hydrogen) atoms. The molecule has 0 spiro atoms. The lowest BCUT2D eigenvalue weighted by molar-refractivity contribution is 0.332. The summed E-state index contributed by atoms with van der Waals surface area (Å²) in [7, 11) is 0. The predicted octanol–water partition coefficient (Wildman–Crippen LogP) is 13.4. The summed E-state index contributed by atoms with van der Waals surface area (Å²) in [6.45, 7) is 11.8. The predicted molar refractivity (Wildman–Crippen MR) is 244 cm³/mol. The van der Waals surface area contributed by atoms with Gasteiger partial charge in [-0.1, -0.05) is 94.4 Å². The molecule has 11 aromatic rings. The van der Waals surface area contributed by atoms with Crippen LogP contribution in [0.4, 0.5) is 17.1 Å². The zero-order valence-electron chi connectivity index (χ0n) is 33.7. The average Bonchev–Trinajstić information content (AvgIpc) is 4.00. The minimum Gasteiger partial charge on any atom is -0.456 e. The first-order valence-corrected chi connectivity index (χ1v) is 21.0. The van der Waals surface area contributed by atoms with Crippen LogP contribution < -0.4 is 15.8 Å². The lowest BCUT2D eigenvalue weighted by atomic mass is 9.44. The van der Waals surface area contributed by atoms with E-state index < -0.39 is 0 Å². The first-order chi connectivity index (χ1) is 28.7. The zero-order chi connectivity index (χ0) is 39.3. The van der Waals surface area contributed by atoms with Gasteiger partial charge in [0.05, 0.1) is 5.52 Å². The van der Waals surface area contributed by atoms with Gasteiger partial charge in [-0.25, -0.2) is 0 Å². The van der Waals surface area contributed by atoms with Crippen molar-refractivity contribution in [1.29, 1.82) is 0 Å². The fourth-order valence-corrected chi connectivity index (χ4v) is 11.6. The number of aryl methyl sites for hydroxylation is 1. The summed E-state index contributed by atoms with van der Waals surface area (Å²) in [5, 5.41) is 6.69. The Balaban J connectivity index is 1.22. The van der Waals surface area contributed by atoms with Crippen molar-refractivity contribution < 1.29 is 13.3 Å². The summed E-state index contributed by atoms with van der Waals surface area (Å²) in [6, 6.07) is 44.3. The molecule has 4 aromatic heterocycles. The van der Waals surface area contributed by atoms with Crippen LogP contribution in [0.1, 0.15) is 57.2 Å². The van der Waals surface area contributed by atoms with Crippen molar-refractivity contribution in [3.05, 3.63) is 138 Å². The number of benzene rings is 7. The third-order valence-electron chi connectivity index (χ3n) is 14.5. The van der Waals surface area contributed by atoms with Crippen LogP contribution in [0.15, 0.2) is 135 Å². The average molecular weight is 763 g/mol. The molecule has 1 aliphatic carbocycles. The Morgan fingerprint density at radius 2 is 1.10 bits per heavy atom. The molecule has 7 aromatic carbocycles. The highest BCUT2D eigenvalue weighted by Gasteiger charge is 2.47. The number of fused-ring (bicyclic) bond motifs is 18. The molecule has 0 saturated heterocycles. The van der Waals surface area contributed by atoms with E-state index in [1.165, 1.54) is 39.9 Å². The second-order valence-corrected chi connectivity index (χ2v) is 18.7. The van der Waals surface area contributed by atoms with Gasteiger partial charge in [0.2, 0.25) is 0 Å². The molecule has 6 heterocycles. The number of hydrogen-bond donors (Lipinski definition) is 0. The summed E-state index contributed by atoms with van der Waals surface area (Å²) in [5.74, 6) is 0. The smallest absolute Gasteiger partial charge is 0.337 e. The van der Waals surface area contributed by atoms with Gasteiger partial charge in [-0.2, -0.15) is 0 Å². The molecule has 282 valence electrons. The van der Waals surface area contributed by atoms with Crippen molar-refractivity contribution in [2.24, 2.45) is 0 Å². The Kier molecular flexibility index (Phi) is 5.75. The molecule has 0 atom stereocenters. The Morgan fingerprint density at radius 1 is 0.492 bits per heavy atom. The molecule has 0 bridgehead atoms. The molecule has 0 unspecified atom stereocenters. The van der Waals surface area contributed by atoms with Gasteiger partial charge in [0.1, 0.15) is 27.9 Å². The molecule has 6 heteroatoms. The van der Waals surface area contributed by atoms with Crippen molar-refractivity contribution in [3.8, 4) is 11.1 Å². The summed E-state index contributed by atoms with van der Waals surface area (Å²) in [4.78, 5) is 2.57. The van der Waals surface area contributed by atoms with Crippen molar-refractivity contribution >= 4 is 112 Å². The van der Waals surface area contributed by atoms with Gasteiger partial charge in [0, 0.05) is 71.5 Å². The number of furan rings is 3. The van der Waals surface area contributed by atoms with Gasteiger partial charge in [-0.05, 0) is 107 Å². The molecule has 0 saturated carbocycles. The molecule has 0 amide bonds. The topological polar surface area (TPSA) is 47.6 Å². The first kappa shape index (κ1) is 32.3. The number of nitrogens with zero attached hydrogens (tertiary/aromatic N) is 2. The van der Waals surface area contributed by atoms with Gasteiger partial charge >= 0.3 is 6.85 Å². The second kappa shape index (κ2) is 10.5. The standard InChI is InChI=1S/C53H39BN2O3/c1-28-25-36-37(53(4,5)24-23-52(36,2)3)27-39(28)55-38-22-21-31-29-13-6-9-18-41(29)58-50(31)46(38)54-45-40(55)26-35-30-14-7-10-19-42(30)57-49(35)44(45)33-16-12-17-34-47(33)56(54)48-32-15-8-11-20-43(32)59-51(34)48/h6-22,25-27H,23-24H2,1-5H3. The van der Waals surface area contributed by atoms with Crippen LogP contribution in [-0.4, -0.2) is 11.3 Å². The third-order valence-corrected chi connectivity index (χ3v) is 14.5. The Morgan fingerprint density at radius 3 is 1.85 bits per heavy atom. The van der Waals surface area contributed by atoms with Crippen molar-refractivity contribution in [2.45, 2.75) is 58.3 Å². The van der Waals surface area contributed by atoms with Crippen molar-refractivity contribution in [3.63, 3.8) is 0 Å². The third kappa shape index (κ3) is 3.84. The van der Waals surface area contributed by atoms with Crippen LogP contribution in [0.3, 0.4) is 0 Å². The van der Waals surface area contributed by atoms with Crippen LogP contribution in [0.5, 0.6) is 0 Å². The zero-order valence-corrected chi connectivity index (χ0v) is 33.7. The van der Waals surface area contributed by atoms with E-state index in [1.807, 2.05) is 0 Å². The Labute approximate surface area is 340 Å². The molecule has 2 aliphatic heterocycles. The molecule has 0 fully saturated rings. The van der Waals surface area contributed by atoms with E-state index in [9.17, 15) is 0 Å². The molecule has 3 aliphatic rings. The van der Waals surface area contributed by atoms with Crippen LogP contribution >= 0.6 is 0 Å². The SMILES string of the molecule is Cc1cc2c(cc1N1c3cc4c(oc5ccccc54)c4c3B(c3c1ccc1c3oc3ccccc31)n1c3c-4cccc3c3oc4ccccc4c31)C(C)(C)CCC2(C)C. The number of hydrogen-bond acceptors (Lipinski definition) is 4. The lowest BCUT2D eigenvalue weighted by Crippen LogP contribution is -2.57. The number of aromatic nitrogens is 1. The molecule has 0 N–H and O–H groups in total. The van der Waals surface area contributed by atoms with Gasteiger partial charge in [-0.15, -0.1) is 0 Å². The molecular formula is C53H39BN2O3. The minimum absolute atomic E-state index is 0.0327. The lowest BCUT2D eigenvalue weighted by Gasteiger charge is -2.44. The van der Waals surface area contributed by atoms with Gasteiger partial charge < -0.3 is 22.6 Å². The van der Waals surface area contributed by atoms with E-state index in [0.717, 1.165) is 106 Å². The minimum atomic E-state index is -0.252. The van der Waals surface area contributed by atoms with E-state index in [4.69, 9.17) is 13.3 Å². The van der Waals surface area contributed by atoms with E-state index in [0.29, 0.717) is 0 Å². The monoisotopic (exact) mass is 762 g/mol. The van der Waals surface area contributed by atoms with E-state index in [-0.39, 0.29) is 17.7 Å². The second-order valence-electron chi connectivity index (χ2n) is 18.7. The fourth-order valence-electron chi connectivity index (χ4n) is 11.6. The highest BCUT2D eigenvalue weighted by molar-refractivity contribution is 6.92. The molecule has 0 radical (unpaired) electrons. The summed E-state index contributed by atoms with van der Waals surface area (Å²) in [5.41, 5.74) is 20.1. The van der Waals surface area contributed by atoms with E-state index in [1.54, 1.807) is 0 Å². The quantitative estimate of drug-likeness (QED) is 0.156. The maximum atomic E-state index is 7.12. The molecular weight excluding hydrogens is 723 g/mol. The highest BCUT2D eigenvalue weighted by atomic mass is 16.3. The number of anilines is 3. The Bertz CT molecular complexity index is 3720. The van der Waals surface area contributed by atoms with Crippen molar-refractivity contribution in [1.82, 2.24) is 4.48 Å². The normalized spacial score (nSPS) is 16.3. The van der Waals surface area contributed by atoms with Gasteiger partial charge in [0.15, 0.2) is 5.58 Å². The summed E-state index contributed by atoms with van der Waals surface area (Å²) in [6.07, 6.45) is 2.31. The van der Waals surface area contributed by atoms with Crippen LogP contribution in [0, 0.1) is 6.92 Å². The molecule has 14 rings (SSSR count). The highest BCUT2D eigenvalue weighted by Crippen LogP contribution is 2.54. The first-order valence-electron chi connectivity index (χ1n) is 21.0. The maximum absolute atomic E-state index is 7.12. The summed E-state index contributed by atoms with van der Waals surface area (Å²) < 4.78 is 23.6. The van der Waals surface area contributed by atoms with Gasteiger partial charge in [0.25, 0.3) is 0 Å². The van der Waals surface area contributed by atoms with Crippen LogP contribution in [0.25, 0.3) is 88.0 Å². The van der Waals surface area contributed by atoms with E-state index >= 15 is 0 Å². The maximum Gasteiger partial charge on any atom is 0.337 e. The van der Waals surface area contributed by atoms with Crippen molar-refractivity contribution in [2.75, 3.05) is 4.90 Å². The van der Waals surface area contributed by atoms with Crippen LogP contribution in [-0.2, 0) is 10.8 Å². The fraction of sp³-hybridized carbons (Fsp3) is 0.170.